The van der Waals surface area contributed by atoms with Crippen LogP contribution in [0.4, 0.5) is 0 Å². The van der Waals surface area contributed by atoms with Crippen LogP contribution in [0.5, 0.6) is 0 Å². The van der Waals surface area contributed by atoms with Gasteiger partial charge in [0, 0.05) is 32.1 Å². The summed E-state index contributed by atoms with van der Waals surface area (Å²) >= 11 is 0. The van der Waals surface area contributed by atoms with E-state index in [1.54, 1.807) is 4.90 Å². The molecule has 2 aliphatic rings. The summed E-state index contributed by atoms with van der Waals surface area (Å²) in [7, 11) is -3.22. The highest BCUT2D eigenvalue weighted by atomic mass is 32.2. The van der Waals surface area contributed by atoms with Gasteiger partial charge in [-0.25, -0.2) is 12.7 Å². The molecule has 136 valence electrons. The zero-order valence-electron chi connectivity index (χ0n) is 14.2. The first kappa shape index (κ1) is 17.9. The second-order valence-electron chi connectivity index (χ2n) is 6.57. The van der Waals surface area contributed by atoms with E-state index in [1.165, 1.54) is 10.6 Å². The SMILES string of the molecule is CS(=O)(=O)N1CCC(C(=O)N2CCNC(=O)C2c2ccccc2)CC1. The Bertz CT molecular complexity index is 742. The molecule has 0 radical (unpaired) electrons. The Morgan fingerprint density at radius 3 is 2.36 bits per heavy atom. The molecular weight excluding hydrogens is 342 g/mol. The molecule has 2 fully saturated rings. The van der Waals surface area contributed by atoms with E-state index in [0.717, 1.165) is 5.56 Å². The third-order valence-electron chi connectivity index (χ3n) is 4.88. The number of hydrogen-bond donors (Lipinski definition) is 1. The number of amides is 2. The normalized spacial score (nSPS) is 23.3. The summed E-state index contributed by atoms with van der Waals surface area (Å²) in [4.78, 5) is 27.0. The minimum absolute atomic E-state index is 0.0585. The lowest BCUT2D eigenvalue weighted by molar-refractivity contribution is -0.147. The van der Waals surface area contributed by atoms with Gasteiger partial charge in [0.15, 0.2) is 0 Å². The van der Waals surface area contributed by atoms with Crippen LogP contribution in [0.3, 0.4) is 0 Å². The Hall–Kier alpha value is -1.93. The van der Waals surface area contributed by atoms with E-state index in [4.69, 9.17) is 0 Å². The molecule has 3 rings (SSSR count). The first-order valence-corrected chi connectivity index (χ1v) is 10.3. The van der Waals surface area contributed by atoms with E-state index in [9.17, 15) is 18.0 Å². The van der Waals surface area contributed by atoms with Crippen LogP contribution >= 0.6 is 0 Å². The maximum absolute atomic E-state index is 13.0. The summed E-state index contributed by atoms with van der Waals surface area (Å²) in [6.07, 6.45) is 2.17. The van der Waals surface area contributed by atoms with E-state index in [2.05, 4.69) is 5.32 Å². The Morgan fingerprint density at radius 1 is 1.12 bits per heavy atom. The summed E-state index contributed by atoms with van der Waals surface area (Å²) in [6.45, 7) is 1.61. The summed E-state index contributed by atoms with van der Waals surface area (Å²) in [5, 5.41) is 2.82. The fourth-order valence-corrected chi connectivity index (χ4v) is 4.41. The largest absolute Gasteiger partial charge is 0.352 e. The maximum Gasteiger partial charge on any atom is 0.247 e. The molecule has 25 heavy (non-hydrogen) atoms. The number of piperazine rings is 1. The van der Waals surface area contributed by atoms with Gasteiger partial charge in [-0.3, -0.25) is 9.59 Å². The molecule has 2 aliphatic heterocycles. The van der Waals surface area contributed by atoms with Gasteiger partial charge >= 0.3 is 0 Å². The topological polar surface area (TPSA) is 86.8 Å². The number of sulfonamides is 1. The highest BCUT2D eigenvalue weighted by Crippen LogP contribution is 2.28. The smallest absolute Gasteiger partial charge is 0.247 e. The van der Waals surface area contributed by atoms with E-state index >= 15 is 0 Å². The van der Waals surface area contributed by atoms with Gasteiger partial charge in [-0.05, 0) is 18.4 Å². The van der Waals surface area contributed by atoms with Crippen LogP contribution in [0.1, 0.15) is 24.4 Å². The summed E-state index contributed by atoms with van der Waals surface area (Å²) in [5.74, 6) is -0.466. The molecule has 0 spiro atoms. The number of nitrogens with one attached hydrogen (secondary N) is 1. The van der Waals surface area contributed by atoms with Crippen molar-refractivity contribution in [3.05, 3.63) is 35.9 Å². The van der Waals surface area contributed by atoms with Crippen molar-refractivity contribution < 1.29 is 18.0 Å². The monoisotopic (exact) mass is 365 g/mol. The van der Waals surface area contributed by atoms with Crippen LogP contribution in [-0.2, 0) is 19.6 Å². The van der Waals surface area contributed by atoms with E-state index in [-0.39, 0.29) is 17.7 Å². The van der Waals surface area contributed by atoms with Crippen molar-refractivity contribution in [1.29, 1.82) is 0 Å². The van der Waals surface area contributed by atoms with E-state index in [0.29, 0.717) is 39.0 Å². The lowest BCUT2D eigenvalue weighted by Gasteiger charge is -2.39. The Morgan fingerprint density at radius 2 is 1.76 bits per heavy atom. The molecule has 0 aromatic heterocycles. The number of carbonyl (C=O) groups is 2. The van der Waals surface area contributed by atoms with Crippen molar-refractivity contribution in [3.8, 4) is 0 Å². The highest BCUT2D eigenvalue weighted by molar-refractivity contribution is 7.88. The van der Waals surface area contributed by atoms with E-state index < -0.39 is 16.1 Å². The molecule has 0 saturated carbocycles. The first-order chi connectivity index (χ1) is 11.9. The van der Waals surface area contributed by atoms with Gasteiger partial charge in [0.05, 0.1) is 6.26 Å². The molecule has 2 saturated heterocycles. The number of rotatable bonds is 3. The highest BCUT2D eigenvalue weighted by Gasteiger charge is 2.38. The summed E-state index contributed by atoms with van der Waals surface area (Å²) < 4.78 is 24.7. The molecule has 1 N–H and O–H groups in total. The number of benzene rings is 1. The molecular formula is C17H23N3O4S. The fraction of sp³-hybridized carbons (Fsp3) is 0.529. The Labute approximate surface area is 148 Å². The molecule has 2 amide bonds. The maximum atomic E-state index is 13.0. The number of hydrogen-bond acceptors (Lipinski definition) is 4. The quantitative estimate of drug-likeness (QED) is 0.838. The lowest BCUT2D eigenvalue weighted by Crippen LogP contribution is -2.54. The molecule has 1 aromatic rings. The van der Waals surface area contributed by atoms with Gasteiger partial charge in [0.1, 0.15) is 6.04 Å². The molecule has 1 aromatic carbocycles. The zero-order chi connectivity index (χ0) is 18.0. The minimum Gasteiger partial charge on any atom is -0.352 e. The molecule has 0 bridgehead atoms. The number of piperidine rings is 1. The van der Waals surface area contributed by atoms with Crippen LogP contribution in [0, 0.1) is 5.92 Å². The van der Waals surface area contributed by atoms with Crippen molar-refractivity contribution in [1.82, 2.24) is 14.5 Å². The molecule has 8 heteroatoms. The van der Waals surface area contributed by atoms with Crippen LogP contribution in [-0.4, -0.2) is 61.9 Å². The summed E-state index contributed by atoms with van der Waals surface area (Å²) in [6, 6.07) is 8.66. The van der Waals surface area contributed by atoms with Crippen molar-refractivity contribution >= 4 is 21.8 Å². The predicted octanol–water partition coefficient (Wildman–Crippen LogP) is 0.358. The summed E-state index contributed by atoms with van der Waals surface area (Å²) in [5.41, 5.74) is 0.793. The second-order valence-corrected chi connectivity index (χ2v) is 8.55. The van der Waals surface area contributed by atoms with Crippen molar-refractivity contribution in [2.24, 2.45) is 5.92 Å². The molecule has 7 nitrogen and oxygen atoms in total. The van der Waals surface area contributed by atoms with Gasteiger partial charge in [0.2, 0.25) is 21.8 Å². The minimum atomic E-state index is -3.22. The Kier molecular flexibility index (Phi) is 5.10. The average molecular weight is 365 g/mol. The predicted molar refractivity (Wildman–Crippen MR) is 93.0 cm³/mol. The van der Waals surface area contributed by atoms with E-state index in [1.807, 2.05) is 30.3 Å². The van der Waals surface area contributed by atoms with Crippen LogP contribution < -0.4 is 5.32 Å². The first-order valence-electron chi connectivity index (χ1n) is 8.46. The fourth-order valence-electron chi connectivity index (χ4n) is 3.54. The molecule has 1 atom stereocenters. The number of nitrogens with zero attached hydrogens (tertiary/aromatic N) is 2. The lowest BCUT2D eigenvalue weighted by atomic mass is 9.94. The van der Waals surface area contributed by atoms with Crippen molar-refractivity contribution in [2.45, 2.75) is 18.9 Å². The Balaban J connectivity index is 1.75. The van der Waals surface area contributed by atoms with Crippen LogP contribution in [0.15, 0.2) is 30.3 Å². The van der Waals surface area contributed by atoms with Gasteiger partial charge < -0.3 is 10.2 Å². The van der Waals surface area contributed by atoms with Gasteiger partial charge in [-0.1, -0.05) is 30.3 Å². The standard InChI is InChI=1S/C17H23N3O4S/c1-25(23,24)19-10-7-14(8-11-19)17(22)20-12-9-18-16(21)15(20)13-5-3-2-4-6-13/h2-6,14-15H,7-12H2,1H3,(H,18,21). The molecule has 0 aliphatic carbocycles. The van der Waals surface area contributed by atoms with Crippen molar-refractivity contribution in [2.75, 3.05) is 32.4 Å². The third-order valence-corrected chi connectivity index (χ3v) is 6.19. The molecule has 2 heterocycles. The van der Waals surface area contributed by atoms with Gasteiger partial charge in [-0.15, -0.1) is 0 Å². The molecule has 1 unspecified atom stereocenters. The van der Waals surface area contributed by atoms with Gasteiger partial charge in [0.25, 0.3) is 0 Å². The average Bonchev–Trinajstić information content (AvgIpc) is 2.61. The van der Waals surface area contributed by atoms with Gasteiger partial charge in [-0.2, -0.15) is 0 Å². The zero-order valence-corrected chi connectivity index (χ0v) is 15.0. The number of carbonyl (C=O) groups excluding carboxylic acids is 2. The van der Waals surface area contributed by atoms with Crippen molar-refractivity contribution in [3.63, 3.8) is 0 Å². The van der Waals surface area contributed by atoms with Crippen LogP contribution in [0.2, 0.25) is 0 Å². The van der Waals surface area contributed by atoms with Crippen LogP contribution in [0.25, 0.3) is 0 Å². The second kappa shape index (κ2) is 7.13. The third kappa shape index (κ3) is 3.85.